The van der Waals surface area contributed by atoms with E-state index in [1.807, 2.05) is 0 Å². The Balaban J connectivity index is 1.29. The smallest absolute Gasteiger partial charge is 0.216 e. The molecule has 2 heterocycles. The van der Waals surface area contributed by atoms with E-state index in [2.05, 4.69) is 97.1 Å². The normalized spacial score (nSPS) is 16.1. The van der Waals surface area contributed by atoms with Crippen molar-refractivity contribution in [2.24, 2.45) is 4.99 Å². The van der Waals surface area contributed by atoms with Crippen molar-refractivity contribution >= 4 is 35.4 Å². The number of rotatable bonds is 3. The maximum Gasteiger partial charge on any atom is 0.216 e. The van der Waals surface area contributed by atoms with Gasteiger partial charge in [0.05, 0.1) is 0 Å². The van der Waals surface area contributed by atoms with E-state index in [0.717, 1.165) is 36.5 Å². The van der Waals surface area contributed by atoms with Crippen LogP contribution in [-0.4, -0.2) is 18.6 Å². The molecule has 0 atom stereocenters. The highest BCUT2D eigenvalue weighted by Gasteiger charge is 2.24. The molecule has 0 spiro atoms. The van der Waals surface area contributed by atoms with Crippen molar-refractivity contribution in [1.29, 1.82) is 0 Å². The molecule has 7 rings (SSSR count). The van der Waals surface area contributed by atoms with Crippen LogP contribution in [0, 0.1) is 0 Å². The van der Waals surface area contributed by atoms with Crippen LogP contribution in [0.15, 0.2) is 102 Å². The number of nitrogens with zero attached hydrogens (tertiary/aromatic N) is 1. The first kappa shape index (κ1) is 20.9. The van der Waals surface area contributed by atoms with Gasteiger partial charge in [-0.25, -0.2) is 0 Å². The van der Waals surface area contributed by atoms with Gasteiger partial charge in [0.25, 0.3) is 0 Å². The molecule has 0 N–H and O–H groups in total. The molecule has 35 heavy (non-hydrogen) atoms. The minimum atomic E-state index is -0.233. The summed E-state index contributed by atoms with van der Waals surface area (Å²) in [6.07, 6.45) is 3.39. The lowest BCUT2D eigenvalue weighted by atomic mass is 9.88. The number of fused-ring (bicyclic) bond motifs is 8. The largest absolute Gasteiger partial charge is 0.473 e. The van der Waals surface area contributed by atoms with Crippen LogP contribution in [0.2, 0.25) is 0 Å². The van der Waals surface area contributed by atoms with Gasteiger partial charge in [-0.1, -0.05) is 98.9 Å². The SMILES string of the molecule is c1ccc2c(c1)COC2=NCCP1Cc2ccc3ccccc3c2-c2c(ccc3ccccc23)C1. The predicted molar refractivity (Wildman–Crippen MR) is 149 cm³/mol. The summed E-state index contributed by atoms with van der Waals surface area (Å²) in [6, 6.07) is 35.5. The van der Waals surface area contributed by atoms with E-state index < -0.39 is 0 Å². The van der Waals surface area contributed by atoms with E-state index >= 15 is 0 Å². The third kappa shape index (κ3) is 3.65. The van der Waals surface area contributed by atoms with Gasteiger partial charge in [0.2, 0.25) is 5.90 Å². The maximum absolute atomic E-state index is 5.90. The van der Waals surface area contributed by atoms with Crippen LogP contribution >= 0.6 is 7.92 Å². The molecule has 2 nitrogen and oxygen atoms in total. The topological polar surface area (TPSA) is 21.6 Å². The third-order valence-corrected chi connectivity index (χ3v) is 9.76. The monoisotopic (exact) mass is 471 g/mol. The van der Waals surface area contributed by atoms with Gasteiger partial charge in [0.1, 0.15) is 6.61 Å². The second kappa shape index (κ2) is 8.63. The molecule has 0 saturated carbocycles. The van der Waals surface area contributed by atoms with Crippen LogP contribution in [0.4, 0.5) is 0 Å². The fraction of sp³-hybridized carbons (Fsp3) is 0.156. The van der Waals surface area contributed by atoms with E-state index in [1.165, 1.54) is 49.4 Å². The van der Waals surface area contributed by atoms with Crippen molar-refractivity contribution in [3.63, 3.8) is 0 Å². The molecular formula is C32H26NOP. The first-order chi connectivity index (χ1) is 17.3. The van der Waals surface area contributed by atoms with Crippen molar-refractivity contribution < 1.29 is 4.74 Å². The molecule has 0 amide bonds. The van der Waals surface area contributed by atoms with E-state index in [1.54, 1.807) is 0 Å². The average molecular weight is 472 g/mol. The average Bonchev–Trinajstić information content (AvgIpc) is 3.23. The molecule has 0 aromatic heterocycles. The summed E-state index contributed by atoms with van der Waals surface area (Å²) < 4.78 is 5.90. The van der Waals surface area contributed by atoms with E-state index in [9.17, 15) is 0 Å². The molecule has 0 aliphatic carbocycles. The van der Waals surface area contributed by atoms with Gasteiger partial charge >= 0.3 is 0 Å². The van der Waals surface area contributed by atoms with Crippen molar-refractivity contribution in [1.82, 2.24) is 0 Å². The summed E-state index contributed by atoms with van der Waals surface area (Å²) in [7, 11) is -0.233. The minimum absolute atomic E-state index is 0.233. The van der Waals surface area contributed by atoms with Crippen LogP contribution in [-0.2, 0) is 23.7 Å². The molecule has 0 radical (unpaired) electrons. The molecule has 0 fully saturated rings. The molecule has 0 saturated heterocycles. The summed E-state index contributed by atoms with van der Waals surface area (Å²) in [6.45, 7) is 1.46. The first-order valence-electron chi connectivity index (χ1n) is 12.3. The van der Waals surface area contributed by atoms with Crippen molar-refractivity contribution in [2.45, 2.75) is 18.9 Å². The zero-order valence-electron chi connectivity index (χ0n) is 19.6. The van der Waals surface area contributed by atoms with Gasteiger partial charge in [-0.2, -0.15) is 0 Å². The van der Waals surface area contributed by atoms with Crippen LogP contribution in [0.25, 0.3) is 32.7 Å². The van der Waals surface area contributed by atoms with Gasteiger partial charge in [-0.3, -0.25) is 4.99 Å². The lowest BCUT2D eigenvalue weighted by Crippen LogP contribution is -2.02. The number of ether oxygens (including phenoxy) is 1. The summed E-state index contributed by atoms with van der Waals surface area (Å²) in [5, 5.41) is 5.38. The predicted octanol–water partition coefficient (Wildman–Crippen LogP) is 8.13. The Kier molecular flexibility index (Phi) is 5.14. The summed E-state index contributed by atoms with van der Waals surface area (Å²) in [5.41, 5.74) is 8.27. The number of hydrogen-bond acceptors (Lipinski definition) is 2. The standard InChI is InChI=1S/C32H26NOP/c1-4-10-27-22(7-1)13-15-25-20-35(18-17-33-32-29-12-6-3-9-24(29)19-34-32)21-26-16-14-23-8-2-5-11-28(23)31(26)30(25)27/h1-16H,17-21H2. The van der Waals surface area contributed by atoms with Gasteiger partial charge in [-0.05, 0) is 68.4 Å². The molecule has 170 valence electrons. The van der Waals surface area contributed by atoms with Crippen LogP contribution in [0.1, 0.15) is 22.3 Å². The van der Waals surface area contributed by atoms with Crippen molar-refractivity contribution in [3.8, 4) is 11.1 Å². The van der Waals surface area contributed by atoms with Gasteiger partial charge in [0.15, 0.2) is 0 Å². The molecule has 0 unspecified atom stereocenters. The van der Waals surface area contributed by atoms with Crippen molar-refractivity contribution in [2.75, 3.05) is 12.7 Å². The molecule has 3 heteroatoms. The summed E-state index contributed by atoms with van der Waals surface area (Å²) in [5.74, 6) is 0.822. The lowest BCUT2D eigenvalue weighted by Gasteiger charge is -2.15. The second-order valence-electron chi connectivity index (χ2n) is 9.48. The Morgan fingerprint density at radius 2 is 1.23 bits per heavy atom. The highest BCUT2D eigenvalue weighted by atomic mass is 31.1. The van der Waals surface area contributed by atoms with Crippen molar-refractivity contribution in [3.05, 3.63) is 119 Å². The Labute approximate surface area is 207 Å². The summed E-state index contributed by atoms with van der Waals surface area (Å²) in [4.78, 5) is 4.91. The molecular weight excluding hydrogens is 445 g/mol. The number of hydrogen-bond donors (Lipinski definition) is 0. The summed E-state index contributed by atoms with van der Waals surface area (Å²) >= 11 is 0. The van der Waals surface area contributed by atoms with E-state index in [4.69, 9.17) is 9.73 Å². The van der Waals surface area contributed by atoms with Crippen LogP contribution in [0.3, 0.4) is 0 Å². The van der Waals surface area contributed by atoms with Gasteiger partial charge in [-0.15, -0.1) is 0 Å². The lowest BCUT2D eigenvalue weighted by molar-refractivity contribution is 0.311. The quantitative estimate of drug-likeness (QED) is 0.243. The minimum Gasteiger partial charge on any atom is -0.473 e. The fourth-order valence-corrected chi connectivity index (χ4v) is 7.99. The zero-order valence-corrected chi connectivity index (χ0v) is 20.5. The second-order valence-corrected chi connectivity index (χ2v) is 11.9. The molecule has 0 bridgehead atoms. The Morgan fingerprint density at radius 3 is 1.91 bits per heavy atom. The molecule has 5 aromatic carbocycles. The molecule has 2 aliphatic rings. The van der Waals surface area contributed by atoms with Crippen LogP contribution in [0.5, 0.6) is 0 Å². The highest BCUT2D eigenvalue weighted by Crippen LogP contribution is 2.52. The Morgan fingerprint density at radius 1 is 0.629 bits per heavy atom. The van der Waals surface area contributed by atoms with E-state index in [-0.39, 0.29) is 7.92 Å². The molecule has 2 aliphatic heterocycles. The van der Waals surface area contributed by atoms with Gasteiger partial charge in [0, 0.05) is 17.7 Å². The van der Waals surface area contributed by atoms with E-state index in [0.29, 0.717) is 6.61 Å². The Bertz CT molecular complexity index is 1530. The Hall–Kier alpha value is -3.48. The third-order valence-electron chi connectivity index (χ3n) is 7.35. The maximum atomic E-state index is 5.90. The molecule has 5 aromatic rings. The fourth-order valence-electron chi connectivity index (χ4n) is 5.69. The highest BCUT2D eigenvalue weighted by molar-refractivity contribution is 7.56. The number of aliphatic imine (C=N–C) groups is 1. The zero-order chi connectivity index (χ0) is 23.2. The number of benzene rings is 5. The van der Waals surface area contributed by atoms with Crippen LogP contribution < -0.4 is 0 Å². The first-order valence-corrected chi connectivity index (χ1v) is 14.2. The van der Waals surface area contributed by atoms with Gasteiger partial charge < -0.3 is 4.74 Å².